The number of rotatable bonds is 3. The third-order valence-corrected chi connectivity index (χ3v) is 6.42. The number of ether oxygens (including phenoxy) is 1. The molecule has 26 heavy (non-hydrogen) atoms. The van der Waals surface area contributed by atoms with Gasteiger partial charge in [0.15, 0.2) is 6.10 Å². The Morgan fingerprint density at radius 1 is 1.19 bits per heavy atom. The second kappa shape index (κ2) is 6.79. The van der Waals surface area contributed by atoms with Crippen molar-refractivity contribution in [3.05, 3.63) is 41.3 Å². The van der Waals surface area contributed by atoms with Gasteiger partial charge in [-0.25, -0.2) is 9.78 Å². The van der Waals surface area contributed by atoms with Crippen LogP contribution in [0.15, 0.2) is 36.4 Å². The number of fused-ring (bicyclic) bond motifs is 1. The van der Waals surface area contributed by atoms with Crippen LogP contribution in [0.5, 0.6) is 0 Å². The number of morpholine rings is 1. The van der Waals surface area contributed by atoms with Crippen LogP contribution in [0.25, 0.3) is 20.1 Å². The second-order valence-corrected chi connectivity index (χ2v) is 8.25. The molecule has 2 atom stereocenters. The van der Waals surface area contributed by atoms with Crippen molar-refractivity contribution in [3.63, 3.8) is 0 Å². The molecule has 1 fully saturated rings. The van der Waals surface area contributed by atoms with Crippen LogP contribution in [0.4, 0.5) is 0 Å². The second-order valence-electron chi connectivity index (χ2n) is 6.13. The standard InChI is InChI=1S/C18H16N2O4S2/c1-10-8-20(9-12(24-10)18(22)23)17(21)15-7-6-14(25-15)16-19-11-4-2-3-5-13(11)26-16/h2-7,10,12H,8-9H2,1H3,(H,22,23)/t10-,12?/m1/s1. The minimum Gasteiger partial charge on any atom is -0.479 e. The molecule has 1 N–H and O–H groups in total. The van der Waals surface area contributed by atoms with E-state index in [1.54, 1.807) is 29.2 Å². The molecule has 0 radical (unpaired) electrons. The Morgan fingerprint density at radius 2 is 2.00 bits per heavy atom. The summed E-state index contributed by atoms with van der Waals surface area (Å²) in [6.45, 7) is 2.22. The molecule has 0 bridgehead atoms. The van der Waals surface area contributed by atoms with E-state index >= 15 is 0 Å². The number of carboxylic acid groups (broad SMARTS) is 1. The molecule has 1 saturated heterocycles. The maximum absolute atomic E-state index is 12.8. The fourth-order valence-corrected chi connectivity index (χ4v) is 4.95. The fourth-order valence-electron chi connectivity index (χ4n) is 2.95. The van der Waals surface area contributed by atoms with E-state index in [4.69, 9.17) is 4.74 Å². The third-order valence-electron chi connectivity index (χ3n) is 4.14. The minimum atomic E-state index is -1.05. The van der Waals surface area contributed by atoms with Crippen molar-refractivity contribution in [2.75, 3.05) is 13.1 Å². The molecule has 1 aliphatic rings. The quantitative estimate of drug-likeness (QED) is 0.744. The van der Waals surface area contributed by atoms with Crippen LogP contribution in [-0.4, -0.2) is 52.2 Å². The van der Waals surface area contributed by atoms with Gasteiger partial charge in [0.2, 0.25) is 0 Å². The molecule has 1 aromatic carbocycles. The van der Waals surface area contributed by atoms with E-state index in [2.05, 4.69) is 4.98 Å². The van der Waals surface area contributed by atoms with Crippen molar-refractivity contribution in [2.24, 2.45) is 0 Å². The first-order chi connectivity index (χ1) is 12.5. The molecule has 1 aliphatic heterocycles. The number of carbonyl (C=O) groups excluding carboxylic acids is 1. The van der Waals surface area contributed by atoms with Crippen molar-refractivity contribution in [2.45, 2.75) is 19.1 Å². The van der Waals surface area contributed by atoms with Crippen LogP contribution in [0, 0.1) is 0 Å². The molecule has 4 rings (SSSR count). The molecule has 0 saturated carbocycles. The fraction of sp³-hybridized carbons (Fsp3) is 0.278. The lowest BCUT2D eigenvalue weighted by molar-refractivity contribution is -0.160. The van der Waals surface area contributed by atoms with Gasteiger partial charge in [-0.15, -0.1) is 22.7 Å². The molecule has 0 spiro atoms. The predicted octanol–water partition coefficient (Wildman–Crippen LogP) is 3.34. The van der Waals surface area contributed by atoms with E-state index in [1.165, 1.54) is 11.3 Å². The zero-order chi connectivity index (χ0) is 18.3. The van der Waals surface area contributed by atoms with Crippen LogP contribution in [0.2, 0.25) is 0 Å². The van der Waals surface area contributed by atoms with Gasteiger partial charge in [0.1, 0.15) is 5.01 Å². The summed E-state index contributed by atoms with van der Waals surface area (Å²) in [6, 6.07) is 11.6. The number of para-hydroxylation sites is 1. The molecule has 2 aromatic heterocycles. The highest BCUT2D eigenvalue weighted by molar-refractivity contribution is 7.26. The molecule has 3 aromatic rings. The summed E-state index contributed by atoms with van der Waals surface area (Å²) in [5, 5.41) is 10.1. The summed E-state index contributed by atoms with van der Waals surface area (Å²) in [5.41, 5.74) is 0.945. The average molecular weight is 388 g/mol. The first kappa shape index (κ1) is 17.1. The molecule has 134 valence electrons. The van der Waals surface area contributed by atoms with Crippen LogP contribution in [-0.2, 0) is 9.53 Å². The topological polar surface area (TPSA) is 79.7 Å². The molecule has 6 nitrogen and oxygen atoms in total. The van der Waals surface area contributed by atoms with Gasteiger partial charge in [-0.3, -0.25) is 4.79 Å². The summed E-state index contributed by atoms with van der Waals surface area (Å²) in [6.07, 6.45) is -1.29. The molecular formula is C18H16N2O4S2. The van der Waals surface area contributed by atoms with Gasteiger partial charge in [0.05, 0.1) is 32.6 Å². The zero-order valence-electron chi connectivity index (χ0n) is 13.9. The average Bonchev–Trinajstić information content (AvgIpc) is 3.27. The van der Waals surface area contributed by atoms with Crippen molar-refractivity contribution in [1.82, 2.24) is 9.88 Å². The van der Waals surface area contributed by atoms with Crippen molar-refractivity contribution >= 4 is 44.8 Å². The molecule has 0 aliphatic carbocycles. The van der Waals surface area contributed by atoms with Gasteiger partial charge in [-0.2, -0.15) is 0 Å². The van der Waals surface area contributed by atoms with Gasteiger partial charge in [0.25, 0.3) is 5.91 Å². The van der Waals surface area contributed by atoms with E-state index in [1.807, 2.05) is 30.3 Å². The zero-order valence-corrected chi connectivity index (χ0v) is 15.5. The van der Waals surface area contributed by atoms with Crippen LogP contribution < -0.4 is 0 Å². The van der Waals surface area contributed by atoms with Gasteiger partial charge in [0, 0.05) is 6.54 Å². The maximum atomic E-state index is 12.8. The predicted molar refractivity (Wildman–Crippen MR) is 101 cm³/mol. The van der Waals surface area contributed by atoms with Gasteiger partial charge in [-0.1, -0.05) is 12.1 Å². The normalized spacial score (nSPS) is 20.4. The summed E-state index contributed by atoms with van der Waals surface area (Å²) in [4.78, 5) is 31.7. The first-order valence-corrected chi connectivity index (χ1v) is 9.78. The Morgan fingerprint density at radius 3 is 2.77 bits per heavy atom. The molecule has 8 heteroatoms. The number of carbonyl (C=O) groups is 2. The molecule has 3 heterocycles. The largest absolute Gasteiger partial charge is 0.479 e. The van der Waals surface area contributed by atoms with E-state index in [9.17, 15) is 14.7 Å². The minimum absolute atomic E-state index is 0.0624. The maximum Gasteiger partial charge on any atom is 0.334 e. The number of carboxylic acids is 1. The van der Waals surface area contributed by atoms with E-state index in [-0.39, 0.29) is 18.6 Å². The lowest BCUT2D eigenvalue weighted by Crippen LogP contribution is -2.51. The number of amides is 1. The number of thiazole rings is 1. The number of nitrogens with zero attached hydrogens (tertiary/aromatic N) is 2. The molecule has 1 unspecified atom stereocenters. The Balaban J connectivity index is 1.57. The van der Waals surface area contributed by atoms with Crippen molar-refractivity contribution in [3.8, 4) is 9.88 Å². The summed E-state index contributed by atoms with van der Waals surface area (Å²) < 4.78 is 6.48. The van der Waals surface area contributed by atoms with Crippen LogP contribution >= 0.6 is 22.7 Å². The highest BCUT2D eigenvalue weighted by atomic mass is 32.1. The Bertz CT molecular complexity index is 947. The highest BCUT2D eigenvalue weighted by Gasteiger charge is 2.33. The van der Waals surface area contributed by atoms with E-state index in [0.717, 1.165) is 20.1 Å². The van der Waals surface area contributed by atoms with E-state index < -0.39 is 12.1 Å². The van der Waals surface area contributed by atoms with Crippen molar-refractivity contribution < 1.29 is 19.4 Å². The van der Waals surface area contributed by atoms with E-state index in [0.29, 0.717) is 11.4 Å². The summed E-state index contributed by atoms with van der Waals surface area (Å²) >= 11 is 2.97. The Hall–Kier alpha value is -2.29. The SMILES string of the molecule is C[C@@H]1CN(C(=O)c2ccc(-c3nc4ccccc4s3)s2)CC(C(=O)O)O1. The molecular weight excluding hydrogens is 372 g/mol. The van der Waals surface area contributed by atoms with Crippen molar-refractivity contribution in [1.29, 1.82) is 0 Å². The number of benzene rings is 1. The summed E-state index contributed by atoms with van der Waals surface area (Å²) in [5.74, 6) is -1.21. The van der Waals surface area contributed by atoms with Gasteiger partial charge >= 0.3 is 5.97 Å². The highest BCUT2D eigenvalue weighted by Crippen LogP contribution is 2.35. The van der Waals surface area contributed by atoms with Crippen LogP contribution in [0.1, 0.15) is 16.6 Å². The third kappa shape index (κ3) is 3.23. The first-order valence-electron chi connectivity index (χ1n) is 8.14. The van der Waals surface area contributed by atoms with Gasteiger partial charge < -0.3 is 14.7 Å². The number of hydrogen-bond acceptors (Lipinski definition) is 6. The Kier molecular flexibility index (Phi) is 4.47. The number of hydrogen-bond donors (Lipinski definition) is 1. The number of aromatic nitrogens is 1. The Labute approximate surface area is 157 Å². The lowest BCUT2D eigenvalue weighted by Gasteiger charge is -2.34. The monoisotopic (exact) mass is 388 g/mol. The smallest absolute Gasteiger partial charge is 0.334 e. The summed E-state index contributed by atoms with van der Waals surface area (Å²) in [7, 11) is 0. The number of aliphatic carboxylic acids is 1. The number of thiophene rings is 1. The molecule has 1 amide bonds. The van der Waals surface area contributed by atoms with Crippen LogP contribution in [0.3, 0.4) is 0 Å². The van der Waals surface area contributed by atoms with Gasteiger partial charge in [-0.05, 0) is 31.2 Å². The lowest BCUT2D eigenvalue weighted by atomic mass is 10.2.